The number of ether oxygens (including phenoxy) is 1. The molecule has 2 atom stereocenters. The Morgan fingerprint density at radius 1 is 1.47 bits per heavy atom. The van der Waals surface area contributed by atoms with Crippen molar-refractivity contribution < 1.29 is 9.53 Å². The first-order valence-electron chi connectivity index (χ1n) is 5.70. The maximum Gasteiger partial charge on any atom is 0.319 e. The summed E-state index contributed by atoms with van der Waals surface area (Å²) >= 11 is 3.17. The largest absolute Gasteiger partial charge is 0.465 e. The molecule has 17 heavy (non-hydrogen) atoms. The highest BCUT2D eigenvalue weighted by molar-refractivity contribution is 8.00. The average molecular weight is 274 g/mol. The molecule has 1 aromatic heterocycles. The van der Waals surface area contributed by atoms with E-state index < -0.39 is 0 Å². The molecule has 0 aliphatic heterocycles. The first-order chi connectivity index (χ1) is 8.08. The number of aryl methyl sites for hydroxylation is 1. The van der Waals surface area contributed by atoms with E-state index in [2.05, 4.69) is 10.2 Å². The average Bonchev–Trinajstić information content (AvgIpc) is 2.72. The Hall–Kier alpha value is -0.620. The number of hydrogen-bond acceptors (Lipinski definition) is 6. The number of aromatic nitrogens is 2. The molecule has 0 amide bonds. The molecule has 4 nitrogen and oxygen atoms in total. The number of carbonyl (C=O) groups is 1. The molecule has 0 bridgehead atoms. The van der Waals surface area contributed by atoms with E-state index in [0.29, 0.717) is 6.61 Å². The molecule has 1 rings (SSSR count). The Balaban J connectivity index is 2.59. The van der Waals surface area contributed by atoms with Gasteiger partial charge in [0.25, 0.3) is 0 Å². The highest BCUT2D eigenvalue weighted by atomic mass is 32.2. The zero-order chi connectivity index (χ0) is 12.8. The lowest BCUT2D eigenvalue weighted by atomic mass is 10.3. The van der Waals surface area contributed by atoms with Crippen molar-refractivity contribution in [3.63, 3.8) is 0 Å². The second-order valence-corrected chi connectivity index (χ2v) is 6.35. The zero-order valence-corrected chi connectivity index (χ0v) is 12.2. The van der Waals surface area contributed by atoms with Crippen LogP contribution in [0.15, 0.2) is 0 Å². The molecule has 0 aliphatic carbocycles. The third-order valence-corrected chi connectivity index (χ3v) is 4.83. The van der Waals surface area contributed by atoms with E-state index in [1.54, 1.807) is 23.1 Å². The van der Waals surface area contributed by atoms with E-state index in [4.69, 9.17) is 4.74 Å². The Bertz CT molecular complexity index is 368. The van der Waals surface area contributed by atoms with Gasteiger partial charge in [0.05, 0.1) is 11.9 Å². The predicted molar refractivity (Wildman–Crippen MR) is 71.4 cm³/mol. The summed E-state index contributed by atoms with van der Waals surface area (Å²) in [7, 11) is 0. The quantitative estimate of drug-likeness (QED) is 0.746. The molecule has 0 spiro atoms. The Morgan fingerprint density at radius 3 is 2.65 bits per heavy atom. The highest BCUT2D eigenvalue weighted by Gasteiger charge is 2.23. The zero-order valence-electron chi connectivity index (χ0n) is 10.6. The van der Waals surface area contributed by atoms with Gasteiger partial charge in [0.15, 0.2) is 0 Å². The molecule has 0 saturated carbocycles. The molecule has 1 aromatic rings. The Labute approximate surface area is 110 Å². The number of hydrogen-bond donors (Lipinski definition) is 0. The van der Waals surface area contributed by atoms with Gasteiger partial charge in [0, 0.05) is 0 Å². The van der Waals surface area contributed by atoms with Gasteiger partial charge in [-0.25, -0.2) is 0 Å². The van der Waals surface area contributed by atoms with Gasteiger partial charge in [-0.15, -0.1) is 33.3 Å². The fourth-order valence-electron chi connectivity index (χ4n) is 1.33. The van der Waals surface area contributed by atoms with Crippen LogP contribution in [0, 0.1) is 6.92 Å². The number of esters is 1. The van der Waals surface area contributed by atoms with E-state index in [-0.39, 0.29) is 16.5 Å². The summed E-state index contributed by atoms with van der Waals surface area (Å²) in [5.74, 6) is -0.131. The van der Waals surface area contributed by atoms with Crippen molar-refractivity contribution in [3.8, 4) is 0 Å². The SMILES string of the molecule is CCOC(=O)[C@@H](CC)S[C@H](C)c1nnc(C)s1. The first kappa shape index (κ1) is 14.4. The van der Waals surface area contributed by atoms with Crippen LogP contribution in [0.3, 0.4) is 0 Å². The molecule has 1 heterocycles. The molecule has 0 aliphatic rings. The number of thioether (sulfide) groups is 1. The predicted octanol–water partition coefficient (Wildman–Crippen LogP) is 2.98. The minimum Gasteiger partial charge on any atom is -0.465 e. The fraction of sp³-hybridized carbons (Fsp3) is 0.727. The van der Waals surface area contributed by atoms with Crippen molar-refractivity contribution in [2.75, 3.05) is 6.61 Å². The van der Waals surface area contributed by atoms with Gasteiger partial charge in [0.1, 0.15) is 15.3 Å². The van der Waals surface area contributed by atoms with Gasteiger partial charge in [-0.2, -0.15) is 0 Å². The van der Waals surface area contributed by atoms with E-state index in [9.17, 15) is 4.79 Å². The van der Waals surface area contributed by atoms with Crippen LogP contribution in [0.4, 0.5) is 0 Å². The van der Waals surface area contributed by atoms with Crippen LogP contribution in [-0.2, 0) is 9.53 Å². The summed E-state index contributed by atoms with van der Waals surface area (Å²) in [5, 5.41) is 10.1. The van der Waals surface area contributed by atoms with Crippen molar-refractivity contribution in [1.29, 1.82) is 0 Å². The van der Waals surface area contributed by atoms with Crippen LogP contribution in [0.2, 0.25) is 0 Å². The molecule has 96 valence electrons. The maximum atomic E-state index is 11.7. The summed E-state index contributed by atoms with van der Waals surface area (Å²) < 4.78 is 5.04. The standard InChI is InChI=1S/C11H18N2O2S2/c1-5-9(11(14)15-6-2)16-7(3)10-13-12-8(4)17-10/h7,9H,5-6H2,1-4H3/t7-,9-/m1/s1. The second kappa shape index (κ2) is 6.96. The van der Waals surface area contributed by atoms with Gasteiger partial charge in [-0.05, 0) is 27.2 Å². The summed E-state index contributed by atoms with van der Waals surface area (Å²) in [6.07, 6.45) is 0.769. The Morgan fingerprint density at radius 2 is 2.18 bits per heavy atom. The molecule has 0 fully saturated rings. The summed E-state index contributed by atoms with van der Waals surface area (Å²) in [6.45, 7) is 8.23. The monoisotopic (exact) mass is 274 g/mol. The lowest BCUT2D eigenvalue weighted by Crippen LogP contribution is -2.20. The van der Waals surface area contributed by atoms with Crippen LogP contribution >= 0.6 is 23.1 Å². The second-order valence-electron chi connectivity index (χ2n) is 3.59. The van der Waals surface area contributed by atoms with Crippen LogP contribution in [-0.4, -0.2) is 28.0 Å². The van der Waals surface area contributed by atoms with E-state index in [1.807, 2.05) is 27.7 Å². The molecule has 0 N–H and O–H groups in total. The summed E-state index contributed by atoms with van der Waals surface area (Å²) in [5.41, 5.74) is 0. The van der Waals surface area contributed by atoms with Crippen molar-refractivity contribution >= 4 is 29.1 Å². The molecule has 0 unspecified atom stereocenters. The van der Waals surface area contributed by atoms with Crippen molar-refractivity contribution in [2.24, 2.45) is 0 Å². The van der Waals surface area contributed by atoms with E-state index in [0.717, 1.165) is 16.4 Å². The highest BCUT2D eigenvalue weighted by Crippen LogP contribution is 2.34. The van der Waals surface area contributed by atoms with Crippen LogP contribution < -0.4 is 0 Å². The maximum absolute atomic E-state index is 11.7. The van der Waals surface area contributed by atoms with Gasteiger partial charge < -0.3 is 4.74 Å². The number of rotatable bonds is 6. The van der Waals surface area contributed by atoms with Gasteiger partial charge >= 0.3 is 5.97 Å². The third kappa shape index (κ3) is 4.27. The van der Waals surface area contributed by atoms with Crippen LogP contribution in [0.5, 0.6) is 0 Å². The molecular weight excluding hydrogens is 256 g/mol. The van der Waals surface area contributed by atoms with E-state index >= 15 is 0 Å². The smallest absolute Gasteiger partial charge is 0.319 e. The first-order valence-corrected chi connectivity index (χ1v) is 7.46. The van der Waals surface area contributed by atoms with Crippen LogP contribution in [0.25, 0.3) is 0 Å². The topological polar surface area (TPSA) is 52.1 Å². The van der Waals surface area contributed by atoms with Gasteiger partial charge in [-0.3, -0.25) is 4.79 Å². The molecular formula is C11H18N2O2S2. The molecule has 0 saturated heterocycles. The summed E-state index contributed by atoms with van der Waals surface area (Å²) in [4.78, 5) is 11.7. The molecule has 6 heteroatoms. The van der Waals surface area contributed by atoms with Crippen molar-refractivity contribution in [1.82, 2.24) is 10.2 Å². The Kier molecular flexibility index (Phi) is 5.91. The minimum atomic E-state index is -0.131. The molecule has 0 aromatic carbocycles. The lowest BCUT2D eigenvalue weighted by Gasteiger charge is -2.16. The normalized spacial score (nSPS) is 14.4. The number of nitrogens with zero attached hydrogens (tertiary/aromatic N) is 2. The summed E-state index contributed by atoms with van der Waals surface area (Å²) in [6, 6.07) is 0. The number of carbonyl (C=O) groups excluding carboxylic acids is 1. The minimum absolute atomic E-state index is 0.117. The van der Waals surface area contributed by atoms with Crippen molar-refractivity contribution in [2.45, 2.75) is 44.6 Å². The van der Waals surface area contributed by atoms with Crippen molar-refractivity contribution in [3.05, 3.63) is 10.0 Å². The van der Waals surface area contributed by atoms with Crippen LogP contribution in [0.1, 0.15) is 42.5 Å². The van der Waals surface area contributed by atoms with Gasteiger partial charge in [-0.1, -0.05) is 6.92 Å². The van der Waals surface area contributed by atoms with Gasteiger partial charge in [0.2, 0.25) is 0 Å². The fourth-order valence-corrected chi connectivity index (χ4v) is 3.31. The lowest BCUT2D eigenvalue weighted by molar-refractivity contribution is -0.142. The van der Waals surface area contributed by atoms with E-state index in [1.165, 1.54) is 0 Å². The third-order valence-electron chi connectivity index (χ3n) is 2.18. The molecule has 0 radical (unpaired) electrons.